The van der Waals surface area contributed by atoms with E-state index < -0.39 is 6.09 Å². The molecule has 0 bridgehead atoms. The maximum absolute atomic E-state index is 12.6. The maximum atomic E-state index is 12.6. The van der Waals surface area contributed by atoms with E-state index in [4.69, 9.17) is 0 Å². The van der Waals surface area contributed by atoms with Crippen molar-refractivity contribution in [1.82, 2.24) is 9.80 Å². The molecule has 7 heteroatoms. The Bertz CT molecular complexity index is 627. The highest BCUT2D eigenvalue weighted by molar-refractivity contribution is 7.99. The molecule has 1 aromatic rings. The van der Waals surface area contributed by atoms with Crippen LogP contribution < -0.4 is 0 Å². The van der Waals surface area contributed by atoms with Crippen molar-refractivity contribution in [2.24, 2.45) is 5.92 Å². The van der Waals surface area contributed by atoms with Crippen molar-refractivity contribution in [2.75, 3.05) is 32.0 Å². The maximum Gasteiger partial charge on any atom is 0.417 e. The first kappa shape index (κ1) is 15.9. The number of rotatable bonds is 5. The van der Waals surface area contributed by atoms with Gasteiger partial charge in [0.05, 0.1) is 5.56 Å². The van der Waals surface area contributed by atoms with Gasteiger partial charge >= 0.3 is 6.09 Å². The number of amides is 3. The fraction of sp³-hybridized carbons (Fsp3) is 0.438. The van der Waals surface area contributed by atoms with Crippen LogP contribution in [0.1, 0.15) is 17.3 Å². The number of thioether (sulfide) groups is 1. The molecule has 0 unspecified atom stereocenters. The van der Waals surface area contributed by atoms with Gasteiger partial charge in [0.2, 0.25) is 0 Å². The van der Waals surface area contributed by atoms with Crippen LogP contribution in [0.5, 0.6) is 0 Å². The molecule has 0 radical (unpaired) electrons. The van der Waals surface area contributed by atoms with E-state index in [1.54, 1.807) is 16.7 Å². The van der Waals surface area contributed by atoms with Crippen LogP contribution >= 0.6 is 11.8 Å². The SMILES string of the molecule is CCSc1ccccc1C(=O)N1CC(CN2C(=O)COC2=O)C1. The van der Waals surface area contributed by atoms with Gasteiger partial charge < -0.3 is 9.64 Å². The number of imide groups is 1. The summed E-state index contributed by atoms with van der Waals surface area (Å²) in [7, 11) is 0. The average Bonchev–Trinajstić information content (AvgIpc) is 2.82. The average molecular weight is 334 g/mol. The van der Waals surface area contributed by atoms with Crippen molar-refractivity contribution in [3.63, 3.8) is 0 Å². The fourth-order valence-electron chi connectivity index (χ4n) is 2.76. The number of cyclic esters (lactones) is 1. The molecule has 0 aliphatic carbocycles. The molecule has 2 aliphatic heterocycles. The minimum Gasteiger partial charge on any atom is -0.439 e. The molecule has 2 aliphatic rings. The zero-order chi connectivity index (χ0) is 16.4. The van der Waals surface area contributed by atoms with Gasteiger partial charge in [0, 0.05) is 30.4 Å². The first-order chi connectivity index (χ1) is 11.1. The van der Waals surface area contributed by atoms with Gasteiger partial charge in [-0.25, -0.2) is 9.69 Å². The smallest absolute Gasteiger partial charge is 0.417 e. The van der Waals surface area contributed by atoms with Crippen LogP contribution in [0.2, 0.25) is 0 Å². The number of hydrogen-bond donors (Lipinski definition) is 0. The molecule has 2 heterocycles. The van der Waals surface area contributed by atoms with E-state index in [1.165, 1.54) is 0 Å². The Labute approximate surface area is 138 Å². The Morgan fingerprint density at radius 3 is 2.70 bits per heavy atom. The lowest BCUT2D eigenvalue weighted by molar-refractivity contribution is -0.126. The topological polar surface area (TPSA) is 66.9 Å². The minimum atomic E-state index is -0.579. The third-order valence-electron chi connectivity index (χ3n) is 3.94. The van der Waals surface area contributed by atoms with Crippen molar-refractivity contribution >= 4 is 29.7 Å². The molecule has 0 saturated carbocycles. The fourth-order valence-corrected chi connectivity index (χ4v) is 3.56. The summed E-state index contributed by atoms with van der Waals surface area (Å²) in [5.41, 5.74) is 0.717. The van der Waals surface area contributed by atoms with Crippen molar-refractivity contribution in [3.8, 4) is 0 Å². The molecule has 2 fully saturated rings. The molecule has 0 spiro atoms. The van der Waals surface area contributed by atoms with E-state index in [9.17, 15) is 14.4 Å². The molecule has 1 aromatic carbocycles. The highest BCUT2D eigenvalue weighted by atomic mass is 32.2. The van der Waals surface area contributed by atoms with E-state index in [1.807, 2.05) is 24.3 Å². The predicted molar refractivity (Wildman–Crippen MR) is 85.3 cm³/mol. The Morgan fingerprint density at radius 2 is 2.04 bits per heavy atom. The number of benzene rings is 1. The summed E-state index contributed by atoms with van der Waals surface area (Å²) in [5, 5.41) is 0. The first-order valence-corrected chi connectivity index (χ1v) is 8.57. The van der Waals surface area contributed by atoms with Crippen LogP contribution in [0.4, 0.5) is 4.79 Å². The second-order valence-electron chi connectivity index (χ2n) is 5.56. The van der Waals surface area contributed by atoms with E-state index in [-0.39, 0.29) is 24.3 Å². The number of nitrogens with zero attached hydrogens (tertiary/aromatic N) is 2. The summed E-state index contributed by atoms with van der Waals surface area (Å²) in [5.74, 6) is 0.740. The number of ether oxygens (including phenoxy) is 1. The lowest BCUT2D eigenvalue weighted by atomic mass is 9.98. The Hall–Kier alpha value is -2.02. The zero-order valence-corrected chi connectivity index (χ0v) is 13.7. The molecule has 0 aromatic heterocycles. The van der Waals surface area contributed by atoms with Gasteiger partial charge in [-0.05, 0) is 17.9 Å². The van der Waals surface area contributed by atoms with Crippen LogP contribution in [0.3, 0.4) is 0 Å². The van der Waals surface area contributed by atoms with Gasteiger partial charge in [-0.2, -0.15) is 0 Å². The van der Waals surface area contributed by atoms with Crippen molar-refractivity contribution < 1.29 is 19.1 Å². The number of carbonyl (C=O) groups is 3. The molecule has 23 heavy (non-hydrogen) atoms. The third kappa shape index (κ3) is 3.19. The van der Waals surface area contributed by atoms with Gasteiger partial charge in [-0.15, -0.1) is 11.8 Å². The second kappa shape index (κ2) is 6.62. The van der Waals surface area contributed by atoms with Gasteiger partial charge in [0.1, 0.15) is 0 Å². The van der Waals surface area contributed by atoms with Crippen LogP contribution in [-0.2, 0) is 9.53 Å². The summed E-state index contributed by atoms with van der Waals surface area (Å²) in [4.78, 5) is 39.4. The second-order valence-corrected chi connectivity index (χ2v) is 6.87. The zero-order valence-electron chi connectivity index (χ0n) is 12.9. The Kier molecular flexibility index (Phi) is 4.56. The molecular formula is C16H18N2O4S. The molecule has 0 N–H and O–H groups in total. The van der Waals surface area contributed by atoms with Crippen LogP contribution in [0, 0.1) is 5.92 Å². The number of carbonyl (C=O) groups excluding carboxylic acids is 3. The first-order valence-electron chi connectivity index (χ1n) is 7.58. The highest BCUT2D eigenvalue weighted by Gasteiger charge is 2.38. The summed E-state index contributed by atoms with van der Waals surface area (Å²) in [6, 6.07) is 7.59. The third-order valence-corrected chi connectivity index (χ3v) is 4.90. The normalized spacial score (nSPS) is 18.1. The largest absolute Gasteiger partial charge is 0.439 e. The molecule has 122 valence electrons. The van der Waals surface area contributed by atoms with E-state index in [0.29, 0.717) is 19.6 Å². The lowest BCUT2D eigenvalue weighted by Gasteiger charge is -2.40. The van der Waals surface area contributed by atoms with E-state index in [0.717, 1.165) is 21.1 Å². The Balaban J connectivity index is 1.58. The minimum absolute atomic E-state index is 0.00752. The van der Waals surface area contributed by atoms with E-state index in [2.05, 4.69) is 11.7 Å². The monoisotopic (exact) mass is 334 g/mol. The summed E-state index contributed by atoms with van der Waals surface area (Å²) in [6.45, 7) is 3.32. The van der Waals surface area contributed by atoms with Crippen LogP contribution in [0.25, 0.3) is 0 Å². The van der Waals surface area contributed by atoms with Crippen LogP contribution in [0.15, 0.2) is 29.2 Å². The Morgan fingerprint density at radius 1 is 1.30 bits per heavy atom. The van der Waals surface area contributed by atoms with Gasteiger partial charge in [-0.1, -0.05) is 19.1 Å². The molecular weight excluding hydrogens is 316 g/mol. The van der Waals surface area contributed by atoms with Gasteiger partial charge in [0.15, 0.2) is 6.61 Å². The van der Waals surface area contributed by atoms with Crippen LogP contribution in [-0.4, -0.2) is 59.7 Å². The highest BCUT2D eigenvalue weighted by Crippen LogP contribution is 2.27. The quantitative estimate of drug-likeness (QED) is 0.769. The molecule has 0 atom stereocenters. The van der Waals surface area contributed by atoms with Gasteiger partial charge in [-0.3, -0.25) is 9.59 Å². The molecule has 3 amide bonds. The summed E-state index contributed by atoms with van der Waals surface area (Å²) < 4.78 is 4.69. The predicted octanol–water partition coefficient (Wildman–Crippen LogP) is 1.85. The number of likely N-dealkylation sites (tertiary alicyclic amines) is 1. The molecule has 3 rings (SSSR count). The molecule has 6 nitrogen and oxygen atoms in total. The standard InChI is InChI=1S/C16H18N2O4S/c1-2-23-13-6-4-3-5-12(13)15(20)17-7-11(8-17)9-18-14(19)10-22-16(18)21/h3-6,11H,2,7-10H2,1H3. The summed E-state index contributed by atoms with van der Waals surface area (Å²) in [6.07, 6.45) is -0.579. The molecule has 2 saturated heterocycles. The van der Waals surface area contributed by atoms with Crippen molar-refractivity contribution in [1.29, 1.82) is 0 Å². The summed E-state index contributed by atoms with van der Waals surface area (Å²) >= 11 is 1.65. The lowest BCUT2D eigenvalue weighted by Crippen LogP contribution is -2.54. The van der Waals surface area contributed by atoms with Gasteiger partial charge in [0.25, 0.3) is 11.8 Å². The van der Waals surface area contributed by atoms with Crippen molar-refractivity contribution in [3.05, 3.63) is 29.8 Å². The number of hydrogen-bond acceptors (Lipinski definition) is 5. The van der Waals surface area contributed by atoms with Crippen molar-refractivity contribution in [2.45, 2.75) is 11.8 Å². The van der Waals surface area contributed by atoms with E-state index >= 15 is 0 Å².